The van der Waals surface area contributed by atoms with Crippen LogP contribution in [-0.4, -0.2) is 45.1 Å². The van der Waals surface area contributed by atoms with E-state index in [-0.39, 0.29) is 24.6 Å². The van der Waals surface area contributed by atoms with E-state index in [1.54, 1.807) is 19.2 Å². The predicted molar refractivity (Wildman–Crippen MR) is 89.9 cm³/mol. The lowest BCUT2D eigenvalue weighted by Crippen LogP contribution is -2.51. The SMILES string of the molecule is COC1CCN(S(=O)(=O)c2ccc(C)c(C)c2)C(CN)C1.Cl. The number of ether oxygens (including phenoxy) is 1. The number of hydrogen-bond acceptors (Lipinski definition) is 4. The van der Waals surface area contributed by atoms with Gasteiger partial charge in [0, 0.05) is 26.2 Å². The zero-order valence-electron chi connectivity index (χ0n) is 13.3. The standard InChI is InChI=1S/C15H24N2O3S.ClH/c1-11-4-5-15(8-12(11)2)21(18,19)17-7-6-14(20-3)9-13(17)10-16;/h4-5,8,13-14H,6-7,9-10,16H2,1-3H3;1H. The Kier molecular flexibility index (Phi) is 6.83. The summed E-state index contributed by atoms with van der Waals surface area (Å²) < 4.78 is 32.6. The zero-order chi connectivity index (χ0) is 15.6. The van der Waals surface area contributed by atoms with Crippen LogP contribution >= 0.6 is 12.4 Å². The van der Waals surface area contributed by atoms with Gasteiger partial charge in [-0.25, -0.2) is 8.42 Å². The predicted octanol–water partition coefficient (Wildman–Crippen LogP) is 1.85. The Morgan fingerprint density at radius 3 is 2.55 bits per heavy atom. The van der Waals surface area contributed by atoms with E-state index >= 15 is 0 Å². The van der Waals surface area contributed by atoms with Crippen molar-refractivity contribution in [2.75, 3.05) is 20.2 Å². The molecule has 2 unspecified atom stereocenters. The first kappa shape index (κ1) is 19.4. The first-order chi connectivity index (χ1) is 9.90. The molecule has 0 spiro atoms. The third-order valence-electron chi connectivity index (χ3n) is 4.30. The summed E-state index contributed by atoms with van der Waals surface area (Å²) in [4.78, 5) is 0.347. The largest absolute Gasteiger partial charge is 0.381 e. The first-order valence-corrected chi connectivity index (χ1v) is 8.66. The molecule has 0 aliphatic carbocycles. The van der Waals surface area contributed by atoms with Crippen molar-refractivity contribution in [3.8, 4) is 0 Å². The number of sulfonamides is 1. The summed E-state index contributed by atoms with van der Waals surface area (Å²) in [5, 5.41) is 0. The summed E-state index contributed by atoms with van der Waals surface area (Å²) in [7, 11) is -1.84. The molecule has 7 heteroatoms. The molecule has 126 valence electrons. The molecule has 1 heterocycles. The van der Waals surface area contributed by atoms with Crippen LogP contribution in [0, 0.1) is 13.8 Å². The Hall–Kier alpha value is -0.660. The van der Waals surface area contributed by atoms with Crippen molar-refractivity contribution >= 4 is 22.4 Å². The third-order valence-corrected chi connectivity index (χ3v) is 6.25. The highest BCUT2D eigenvalue weighted by Gasteiger charge is 2.36. The molecular formula is C15H25ClN2O3S. The molecule has 1 aliphatic rings. The van der Waals surface area contributed by atoms with Crippen LogP contribution in [0.25, 0.3) is 0 Å². The number of rotatable bonds is 4. The van der Waals surface area contributed by atoms with Gasteiger partial charge in [0.25, 0.3) is 0 Å². The molecule has 5 nitrogen and oxygen atoms in total. The van der Waals surface area contributed by atoms with Gasteiger partial charge in [-0.1, -0.05) is 6.07 Å². The van der Waals surface area contributed by atoms with Crippen LogP contribution in [0.15, 0.2) is 23.1 Å². The maximum atomic E-state index is 12.8. The van der Waals surface area contributed by atoms with Gasteiger partial charge in [-0.15, -0.1) is 12.4 Å². The molecule has 1 aromatic rings. The van der Waals surface area contributed by atoms with E-state index in [0.29, 0.717) is 30.8 Å². The van der Waals surface area contributed by atoms with Gasteiger partial charge in [-0.2, -0.15) is 4.31 Å². The Morgan fingerprint density at radius 2 is 2.00 bits per heavy atom. The zero-order valence-corrected chi connectivity index (χ0v) is 14.9. The third kappa shape index (κ3) is 3.81. The van der Waals surface area contributed by atoms with E-state index in [0.717, 1.165) is 11.1 Å². The fraction of sp³-hybridized carbons (Fsp3) is 0.600. The number of methoxy groups -OCH3 is 1. The summed E-state index contributed by atoms with van der Waals surface area (Å²) >= 11 is 0. The number of nitrogens with two attached hydrogens (primary N) is 1. The van der Waals surface area contributed by atoms with Crippen LogP contribution in [0.5, 0.6) is 0 Å². The molecule has 0 radical (unpaired) electrons. The van der Waals surface area contributed by atoms with E-state index in [1.807, 2.05) is 19.9 Å². The number of aryl methyl sites for hydroxylation is 2. The molecule has 0 aromatic heterocycles. The second-order valence-electron chi connectivity index (χ2n) is 5.63. The average Bonchev–Trinajstić information content (AvgIpc) is 2.49. The molecule has 2 N–H and O–H groups in total. The van der Waals surface area contributed by atoms with Crippen molar-refractivity contribution in [2.45, 2.75) is 43.7 Å². The lowest BCUT2D eigenvalue weighted by atomic mass is 10.0. The Labute approximate surface area is 139 Å². The van der Waals surface area contributed by atoms with Crippen LogP contribution in [0.1, 0.15) is 24.0 Å². The van der Waals surface area contributed by atoms with Gasteiger partial charge < -0.3 is 10.5 Å². The Balaban J connectivity index is 0.00000242. The highest BCUT2D eigenvalue weighted by molar-refractivity contribution is 7.89. The number of halogens is 1. The maximum absolute atomic E-state index is 12.8. The average molecular weight is 349 g/mol. The monoisotopic (exact) mass is 348 g/mol. The fourth-order valence-electron chi connectivity index (χ4n) is 2.75. The number of benzene rings is 1. The van der Waals surface area contributed by atoms with Crippen molar-refractivity contribution in [3.05, 3.63) is 29.3 Å². The summed E-state index contributed by atoms with van der Waals surface area (Å²) in [5.41, 5.74) is 7.84. The van der Waals surface area contributed by atoms with Crippen LogP contribution in [-0.2, 0) is 14.8 Å². The lowest BCUT2D eigenvalue weighted by molar-refractivity contribution is 0.0401. The highest BCUT2D eigenvalue weighted by atomic mass is 35.5. The minimum absolute atomic E-state index is 0. The van der Waals surface area contributed by atoms with Crippen LogP contribution < -0.4 is 5.73 Å². The van der Waals surface area contributed by atoms with Crippen LogP contribution in [0.4, 0.5) is 0 Å². The lowest BCUT2D eigenvalue weighted by Gasteiger charge is -2.37. The second-order valence-corrected chi connectivity index (χ2v) is 7.52. The van der Waals surface area contributed by atoms with Gasteiger partial charge in [-0.3, -0.25) is 0 Å². The van der Waals surface area contributed by atoms with Crippen LogP contribution in [0.3, 0.4) is 0 Å². The van der Waals surface area contributed by atoms with Crippen molar-refractivity contribution in [2.24, 2.45) is 5.73 Å². The fourth-order valence-corrected chi connectivity index (χ4v) is 4.49. The van der Waals surface area contributed by atoms with Gasteiger partial charge in [0.1, 0.15) is 0 Å². The number of hydrogen-bond donors (Lipinski definition) is 1. The molecule has 2 atom stereocenters. The molecule has 1 aliphatic heterocycles. The summed E-state index contributed by atoms with van der Waals surface area (Å²) in [6.07, 6.45) is 1.44. The van der Waals surface area contributed by atoms with Gasteiger partial charge in [0.05, 0.1) is 11.0 Å². The number of nitrogens with zero attached hydrogens (tertiary/aromatic N) is 1. The van der Waals surface area contributed by atoms with Gasteiger partial charge in [-0.05, 0) is 49.9 Å². The summed E-state index contributed by atoms with van der Waals surface area (Å²) in [5.74, 6) is 0. The van der Waals surface area contributed by atoms with E-state index in [4.69, 9.17) is 10.5 Å². The molecule has 0 amide bonds. The first-order valence-electron chi connectivity index (χ1n) is 7.22. The van der Waals surface area contributed by atoms with Crippen molar-refractivity contribution in [3.63, 3.8) is 0 Å². The van der Waals surface area contributed by atoms with Crippen molar-refractivity contribution < 1.29 is 13.2 Å². The molecule has 1 aromatic carbocycles. The molecule has 0 bridgehead atoms. The molecule has 2 rings (SSSR count). The quantitative estimate of drug-likeness (QED) is 0.901. The molecule has 1 fully saturated rings. The molecular weight excluding hydrogens is 324 g/mol. The molecule has 22 heavy (non-hydrogen) atoms. The van der Waals surface area contributed by atoms with Gasteiger partial charge in [0.15, 0.2) is 0 Å². The van der Waals surface area contributed by atoms with E-state index in [2.05, 4.69) is 0 Å². The van der Waals surface area contributed by atoms with Gasteiger partial charge in [0.2, 0.25) is 10.0 Å². The smallest absolute Gasteiger partial charge is 0.243 e. The van der Waals surface area contributed by atoms with E-state index in [1.165, 1.54) is 4.31 Å². The normalized spacial score (nSPS) is 23.1. The topological polar surface area (TPSA) is 72.6 Å². The molecule has 1 saturated heterocycles. The highest BCUT2D eigenvalue weighted by Crippen LogP contribution is 2.27. The summed E-state index contributed by atoms with van der Waals surface area (Å²) in [6, 6.07) is 5.06. The van der Waals surface area contributed by atoms with Crippen molar-refractivity contribution in [1.29, 1.82) is 0 Å². The van der Waals surface area contributed by atoms with Crippen LogP contribution in [0.2, 0.25) is 0 Å². The van der Waals surface area contributed by atoms with E-state index < -0.39 is 10.0 Å². The Morgan fingerprint density at radius 1 is 1.32 bits per heavy atom. The molecule has 0 saturated carbocycles. The Bertz CT molecular complexity index is 607. The maximum Gasteiger partial charge on any atom is 0.243 e. The van der Waals surface area contributed by atoms with Crippen molar-refractivity contribution in [1.82, 2.24) is 4.31 Å². The van der Waals surface area contributed by atoms with E-state index in [9.17, 15) is 8.42 Å². The van der Waals surface area contributed by atoms with Gasteiger partial charge >= 0.3 is 0 Å². The second kappa shape index (κ2) is 7.75. The minimum Gasteiger partial charge on any atom is -0.381 e. The summed E-state index contributed by atoms with van der Waals surface area (Å²) in [6.45, 7) is 4.66. The minimum atomic E-state index is -3.50. The number of piperidine rings is 1.